The molecule has 0 aliphatic carbocycles. The lowest BCUT2D eigenvalue weighted by molar-refractivity contribution is -0.143. The van der Waals surface area contributed by atoms with Crippen LogP contribution in [0.1, 0.15) is 39.9 Å². The Bertz CT molecular complexity index is 1110. The molecule has 39 heavy (non-hydrogen) atoms. The minimum absolute atomic E-state index is 0.00112. The Kier molecular flexibility index (Phi) is 8.85. The minimum atomic E-state index is -5.04. The van der Waals surface area contributed by atoms with Crippen LogP contribution in [0, 0.1) is 0 Å². The number of morpholine rings is 1. The molecule has 1 N–H and O–H groups in total. The number of hydrogen-bond donors (Lipinski definition) is 1. The molecule has 2 saturated heterocycles. The molecule has 2 amide bonds. The van der Waals surface area contributed by atoms with E-state index in [9.17, 15) is 35.9 Å². The summed E-state index contributed by atoms with van der Waals surface area (Å²) < 4.78 is 84.7. The number of benzene rings is 2. The maximum absolute atomic E-state index is 13.3. The van der Waals surface area contributed by atoms with Gasteiger partial charge in [-0.15, -0.1) is 0 Å². The monoisotopic (exact) mass is 557 g/mol. The van der Waals surface area contributed by atoms with Crippen LogP contribution in [0.4, 0.5) is 26.3 Å². The third-order valence-electron chi connectivity index (χ3n) is 7.02. The highest BCUT2D eigenvalue weighted by molar-refractivity contribution is 5.94. The van der Waals surface area contributed by atoms with Crippen molar-refractivity contribution in [3.8, 4) is 0 Å². The van der Waals surface area contributed by atoms with Crippen LogP contribution in [0.2, 0.25) is 0 Å². The zero-order valence-electron chi connectivity index (χ0n) is 21.0. The first-order chi connectivity index (χ1) is 18.4. The first-order valence-electron chi connectivity index (χ1n) is 12.7. The number of likely N-dealkylation sites (tertiary alicyclic amines) is 1. The quantitative estimate of drug-likeness (QED) is 0.536. The fourth-order valence-corrected chi connectivity index (χ4v) is 4.90. The van der Waals surface area contributed by atoms with Gasteiger partial charge < -0.3 is 15.0 Å². The summed E-state index contributed by atoms with van der Waals surface area (Å²) in [5.41, 5.74) is -2.73. The van der Waals surface area contributed by atoms with Gasteiger partial charge in [-0.3, -0.25) is 14.5 Å². The molecule has 6 nitrogen and oxygen atoms in total. The SMILES string of the molecule is O=C(NC1CCN(C(=O)c2cc(C(F)(F)F)cc(C(F)(F)F)c2)CC1)[C@@H](Cc1ccccc1)N1CCOCC1. The Morgan fingerprint density at radius 3 is 1.97 bits per heavy atom. The Labute approximate surface area is 221 Å². The second-order valence-corrected chi connectivity index (χ2v) is 9.72. The Morgan fingerprint density at radius 1 is 0.872 bits per heavy atom. The maximum atomic E-state index is 13.3. The lowest BCUT2D eigenvalue weighted by atomic mass is 9.99. The van der Waals surface area contributed by atoms with Gasteiger partial charge in [-0.2, -0.15) is 26.3 Å². The van der Waals surface area contributed by atoms with E-state index in [4.69, 9.17) is 4.74 Å². The largest absolute Gasteiger partial charge is 0.416 e. The van der Waals surface area contributed by atoms with E-state index < -0.39 is 41.0 Å². The molecule has 2 aromatic rings. The summed E-state index contributed by atoms with van der Waals surface area (Å²) >= 11 is 0. The summed E-state index contributed by atoms with van der Waals surface area (Å²) in [7, 11) is 0. The number of carbonyl (C=O) groups excluding carboxylic acids is 2. The normalized spacial score (nSPS) is 18.6. The number of alkyl halides is 6. The number of halogens is 6. The van der Waals surface area contributed by atoms with Gasteiger partial charge in [-0.25, -0.2) is 0 Å². The number of nitrogens with zero attached hydrogens (tertiary/aromatic N) is 2. The molecule has 0 spiro atoms. The first kappa shape index (κ1) is 28.9. The average molecular weight is 558 g/mol. The second-order valence-electron chi connectivity index (χ2n) is 9.72. The van der Waals surface area contributed by atoms with Crippen LogP contribution in [-0.4, -0.2) is 73.1 Å². The molecule has 0 unspecified atom stereocenters. The van der Waals surface area contributed by atoms with Gasteiger partial charge in [0.1, 0.15) is 0 Å². The molecule has 2 aliphatic rings. The number of piperidine rings is 1. The minimum Gasteiger partial charge on any atom is -0.379 e. The molecule has 1 atom stereocenters. The zero-order chi connectivity index (χ0) is 28.2. The van der Waals surface area contributed by atoms with Gasteiger partial charge in [0.25, 0.3) is 5.91 Å². The summed E-state index contributed by atoms with van der Waals surface area (Å²) in [4.78, 5) is 29.5. The molecule has 0 aromatic heterocycles. The van der Waals surface area contributed by atoms with Crippen LogP contribution in [0.15, 0.2) is 48.5 Å². The van der Waals surface area contributed by atoms with Crippen molar-refractivity contribution in [3.05, 3.63) is 70.8 Å². The first-order valence-corrected chi connectivity index (χ1v) is 12.7. The molecule has 2 fully saturated rings. The van der Waals surface area contributed by atoms with E-state index in [1.807, 2.05) is 30.3 Å². The van der Waals surface area contributed by atoms with Crippen molar-refractivity contribution in [2.45, 2.75) is 43.7 Å². The molecule has 0 radical (unpaired) electrons. The van der Waals surface area contributed by atoms with E-state index in [1.54, 1.807) is 0 Å². The fraction of sp³-hybridized carbons (Fsp3) is 0.481. The predicted octanol–water partition coefficient (Wildman–Crippen LogP) is 4.39. The van der Waals surface area contributed by atoms with E-state index in [0.717, 1.165) is 5.56 Å². The fourth-order valence-electron chi connectivity index (χ4n) is 4.90. The van der Waals surface area contributed by atoms with Crippen LogP contribution in [-0.2, 0) is 28.3 Å². The molecule has 2 aromatic carbocycles. The van der Waals surface area contributed by atoms with Crippen molar-refractivity contribution in [1.82, 2.24) is 15.1 Å². The standard InChI is InChI=1S/C27H29F6N3O3/c28-26(29,30)20-15-19(16-21(17-20)27(31,32)33)25(38)36-8-6-22(7-9-36)34-24(37)23(35-10-12-39-13-11-35)14-18-4-2-1-3-5-18/h1-5,15-17,22-23H,6-14H2,(H,34,37)/t23-/m1/s1. The van der Waals surface area contributed by atoms with Gasteiger partial charge in [-0.05, 0) is 43.0 Å². The Hall–Kier alpha value is -3.12. The van der Waals surface area contributed by atoms with Gasteiger partial charge in [0.2, 0.25) is 5.91 Å². The topological polar surface area (TPSA) is 61.9 Å². The number of rotatable bonds is 6. The molecule has 12 heteroatoms. The van der Waals surface area contributed by atoms with E-state index in [0.29, 0.717) is 57.7 Å². The summed E-state index contributed by atoms with van der Waals surface area (Å²) in [6.07, 6.45) is -8.93. The zero-order valence-corrected chi connectivity index (χ0v) is 21.0. The van der Waals surface area contributed by atoms with Crippen molar-refractivity contribution in [1.29, 1.82) is 0 Å². The summed E-state index contributed by atoms with van der Waals surface area (Å²) in [6, 6.07) is 9.77. The van der Waals surface area contributed by atoms with E-state index in [2.05, 4.69) is 10.2 Å². The molecule has 4 rings (SSSR count). The van der Waals surface area contributed by atoms with Gasteiger partial charge in [0, 0.05) is 37.8 Å². The molecule has 2 heterocycles. The third-order valence-corrected chi connectivity index (χ3v) is 7.02. The van der Waals surface area contributed by atoms with Gasteiger partial charge >= 0.3 is 12.4 Å². The van der Waals surface area contributed by atoms with Crippen LogP contribution in [0.25, 0.3) is 0 Å². The van der Waals surface area contributed by atoms with Crippen molar-refractivity contribution < 1.29 is 40.7 Å². The van der Waals surface area contributed by atoms with Crippen LogP contribution in [0.3, 0.4) is 0 Å². The Balaban J connectivity index is 1.41. The van der Waals surface area contributed by atoms with Crippen molar-refractivity contribution >= 4 is 11.8 Å². The van der Waals surface area contributed by atoms with Gasteiger partial charge in [0.15, 0.2) is 0 Å². The number of carbonyl (C=O) groups is 2. The lowest BCUT2D eigenvalue weighted by Gasteiger charge is -2.36. The molecule has 0 saturated carbocycles. The summed E-state index contributed by atoms with van der Waals surface area (Å²) in [5.74, 6) is -1.08. The van der Waals surface area contributed by atoms with E-state index in [-0.39, 0.29) is 31.1 Å². The van der Waals surface area contributed by atoms with E-state index >= 15 is 0 Å². The van der Waals surface area contributed by atoms with E-state index in [1.165, 1.54) is 4.90 Å². The third kappa shape index (κ3) is 7.51. The van der Waals surface area contributed by atoms with Gasteiger partial charge in [0.05, 0.1) is 30.4 Å². The van der Waals surface area contributed by atoms with Crippen LogP contribution >= 0.6 is 0 Å². The molecular formula is C27H29F6N3O3. The second kappa shape index (κ2) is 12.0. The number of amides is 2. The maximum Gasteiger partial charge on any atom is 0.416 e. The smallest absolute Gasteiger partial charge is 0.379 e. The molecule has 212 valence electrons. The number of ether oxygens (including phenoxy) is 1. The predicted molar refractivity (Wildman–Crippen MR) is 130 cm³/mol. The average Bonchev–Trinajstić information content (AvgIpc) is 2.91. The highest BCUT2D eigenvalue weighted by Gasteiger charge is 2.38. The highest BCUT2D eigenvalue weighted by Crippen LogP contribution is 2.36. The Morgan fingerprint density at radius 2 is 1.44 bits per heavy atom. The molecular weight excluding hydrogens is 528 g/mol. The molecule has 0 bridgehead atoms. The van der Waals surface area contributed by atoms with Crippen molar-refractivity contribution in [3.63, 3.8) is 0 Å². The summed E-state index contributed by atoms with van der Waals surface area (Å²) in [6.45, 7) is 2.42. The number of nitrogens with one attached hydrogen (secondary N) is 1. The summed E-state index contributed by atoms with van der Waals surface area (Å²) in [5, 5.41) is 3.04. The van der Waals surface area contributed by atoms with Crippen LogP contribution < -0.4 is 5.32 Å². The highest BCUT2D eigenvalue weighted by atomic mass is 19.4. The molecule has 2 aliphatic heterocycles. The number of hydrogen-bond acceptors (Lipinski definition) is 4. The van der Waals surface area contributed by atoms with Crippen LogP contribution in [0.5, 0.6) is 0 Å². The van der Waals surface area contributed by atoms with Crippen molar-refractivity contribution in [2.24, 2.45) is 0 Å². The van der Waals surface area contributed by atoms with Crippen molar-refractivity contribution in [2.75, 3.05) is 39.4 Å². The lowest BCUT2D eigenvalue weighted by Crippen LogP contribution is -2.55. The van der Waals surface area contributed by atoms with Gasteiger partial charge in [-0.1, -0.05) is 30.3 Å².